The second-order valence-corrected chi connectivity index (χ2v) is 10.4. The Kier molecular flexibility index (Phi) is 8.51. The van der Waals surface area contributed by atoms with Crippen LogP contribution in [0.2, 0.25) is 0 Å². The van der Waals surface area contributed by atoms with Crippen LogP contribution in [-0.4, -0.2) is 71.0 Å². The SMILES string of the molecule is COc1ccc(CN2CCC[C@]3(N[C@H](c4ccc(C(F)(F)F)cc4)[C@@H]4C(=O)N(C)C(=O)[C@@H]43)C2=O)cc1.O=C(O)C(F)(F)F. The number of rotatable bonds is 4. The highest BCUT2D eigenvalue weighted by molar-refractivity contribution is 6.10. The van der Waals surface area contributed by atoms with E-state index in [1.807, 2.05) is 12.1 Å². The molecule has 3 aliphatic rings. The molecule has 9 nitrogen and oxygen atoms in total. The third-order valence-electron chi connectivity index (χ3n) is 7.91. The van der Waals surface area contributed by atoms with Crippen molar-refractivity contribution < 1.29 is 55.4 Å². The maximum Gasteiger partial charge on any atom is 0.490 e. The molecule has 15 heteroatoms. The predicted molar refractivity (Wildman–Crippen MR) is 136 cm³/mol. The summed E-state index contributed by atoms with van der Waals surface area (Å²) in [6.45, 7) is 0.821. The van der Waals surface area contributed by atoms with Gasteiger partial charge in [0.2, 0.25) is 17.7 Å². The number of methoxy groups -OCH3 is 1. The number of ether oxygens (including phenoxy) is 1. The Labute approximate surface area is 241 Å². The molecule has 3 amide bonds. The van der Waals surface area contributed by atoms with Crippen LogP contribution >= 0.6 is 0 Å². The molecule has 2 N–H and O–H groups in total. The number of carbonyl (C=O) groups is 4. The summed E-state index contributed by atoms with van der Waals surface area (Å²) in [6.07, 6.45) is -8.61. The van der Waals surface area contributed by atoms with Crippen molar-refractivity contribution in [1.82, 2.24) is 15.1 Å². The molecule has 2 aromatic carbocycles. The number of aliphatic carboxylic acids is 1. The average Bonchev–Trinajstić information content (AvgIpc) is 3.40. The van der Waals surface area contributed by atoms with Crippen molar-refractivity contribution >= 4 is 23.7 Å². The molecule has 5 rings (SSSR count). The molecule has 232 valence electrons. The molecule has 43 heavy (non-hydrogen) atoms. The first kappa shape index (κ1) is 31.8. The molecule has 0 bridgehead atoms. The van der Waals surface area contributed by atoms with Crippen molar-refractivity contribution in [3.8, 4) is 5.75 Å². The second-order valence-electron chi connectivity index (χ2n) is 10.4. The van der Waals surface area contributed by atoms with E-state index in [4.69, 9.17) is 14.6 Å². The van der Waals surface area contributed by atoms with Gasteiger partial charge in [0.05, 0.1) is 24.5 Å². The Morgan fingerprint density at radius 1 is 1.00 bits per heavy atom. The largest absolute Gasteiger partial charge is 0.497 e. The van der Waals surface area contributed by atoms with E-state index in [-0.39, 0.29) is 5.91 Å². The zero-order chi connectivity index (χ0) is 31.9. The zero-order valence-corrected chi connectivity index (χ0v) is 22.8. The number of alkyl halides is 6. The van der Waals surface area contributed by atoms with Crippen molar-refractivity contribution in [2.24, 2.45) is 11.8 Å². The summed E-state index contributed by atoms with van der Waals surface area (Å²) in [6, 6.07) is 11.1. The number of hydrogen-bond donors (Lipinski definition) is 2. The molecular weight excluding hydrogens is 588 g/mol. The average molecular weight is 616 g/mol. The van der Waals surface area contributed by atoms with Crippen LogP contribution in [0.1, 0.15) is 35.6 Å². The minimum Gasteiger partial charge on any atom is -0.497 e. The number of fused-ring (bicyclic) bond motifs is 2. The standard InChI is InChI=1S/C26H26F3N3O4.C2HF3O2/c1-31-22(33)19-20(23(31)34)25(30-21(19)16-6-8-17(9-7-16)26(27,28)29)12-3-13-32(24(25)35)14-15-4-10-18(36-2)11-5-15;3-2(4,5)1(6)7/h4-11,19-21,30H,3,12-14H2,1-2H3;(H,6,7)/t19-,20-,21-,25-;/m1./s1. The minimum atomic E-state index is -5.08. The predicted octanol–water partition coefficient (Wildman–Crippen LogP) is 3.78. The van der Waals surface area contributed by atoms with E-state index in [1.54, 1.807) is 24.1 Å². The van der Waals surface area contributed by atoms with E-state index in [1.165, 1.54) is 19.2 Å². The van der Waals surface area contributed by atoms with Crippen molar-refractivity contribution in [1.29, 1.82) is 0 Å². The Morgan fingerprint density at radius 2 is 1.58 bits per heavy atom. The lowest BCUT2D eigenvalue weighted by Gasteiger charge is -2.42. The summed E-state index contributed by atoms with van der Waals surface area (Å²) in [5.41, 5.74) is -0.784. The van der Waals surface area contributed by atoms with E-state index < -0.39 is 59.1 Å². The van der Waals surface area contributed by atoms with Crippen LogP contribution in [0.15, 0.2) is 48.5 Å². The van der Waals surface area contributed by atoms with Crippen molar-refractivity contribution in [3.63, 3.8) is 0 Å². The summed E-state index contributed by atoms with van der Waals surface area (Å²) in [7, 11) is 2.96. The van der Waals surface area contributed by atoms with Gasteiger partial charge in [0.15, 0.2) is 0 Å². The van der Waals surface area contributed by atoms with E-state index in [9.17, 15) is 40.7 Å². The third kappa shape index (κ3) is 6.03. The number of hydrogen-bond acceptors (Lipinski definition) is 6. The van der Waals surface area contributed by atoms with Gasteiger partial charge in [-0.15, -0.1) is 0 Å². The number of nitrogens with one attached hydrogen (secondary N) is 1. The lowest BCUT2D eigenvalue weighted by molar-refractivity contribution is -0.192. The van der Waals surface area contributed by atoms with Gasteiger partial charge in [-0.05, 0) is 48.2 Å². The maximum absolute atomic E-state index is 13.9. The van der Waals surface area contributed by atoms with Gasteiger partial charge in [-0.1, -0.05) is 24.3 Å². The molecule has 0 saturated carbocycles. The topological polar surface area (TPSA) is 116 Å². The Morgan fingerprint density at radius 3 is 2.09 bits per heavy atom. The summed E-state index contributed by atoms with van der Waals surface area (Å²) < 4.78 is 76.2. The summed E-state index contributed by atoms with van der Waals surface area (Å²) in [5.74, 6) is -5.00. The molecule has 1 spiro atoms. The lowest BCUT2D eigenvalue weighted by Crippen LogP contribution is -2.63. The summed E-state index contributed by atoms with van der Waals surface area (Å²) in [4.78, 5) is 51.9. The van der Waals surface area contributed by atoms with Crippen molar-refractivity contribution in [2.75, 3.05) is 20.7 Å². The van der Waals surface area contributed by atoms with E-state index in [0.29, 0.717) is 37.2 Å². The monoisotopic (exact) mass is 615 g/mol. The zero-order valence-electron chi connectivity index (χ0n) is 22.8. The quantitative estimate of drug-likeness (QED) is 0.397. The first-order valence-corrected chi connectivity index (χ1v) is 13.0. The van der Waals surface area contributed by atoms with E-state index >= 15 is 0 Å². The molecule has 4 atom stereocenters. The number of amides is 3. The van der Waals surface area contributed by atoms with Gasteiger partial charge in [-0.25, -0.2) is 4.79 Å². The van der Waals surface area contributed by atoms with Crippen molar-refractivity contribution in [2.45, 2.75) is 43.3 Å². The number of carbonyl (C=O) groups excluding carboxylic acids is 3. The van der Waals surface area contributed by atoms with Crippen LogP contribution in [0.4, 0.5) is 26.3 Å². The molecule has 3 fully saturated rings. The van der Waals surface area contributed by atoms with Gasteiger partial charge in [0.25, 0.3) is 0 Å². The van der Waals surface area contributed by atoms with Crippen molar-refractivity contribution in [3.05, 3.63) is 65.2 Å². The molecule has 2 aromatic rings. The first-order valence-electron chi connectivity index (χ1n) is 13.0. The van der Waals surface area contributed by atoms with E-state index in [0.717, 1.165) is 22.6 Å². The molecule has 3 saturated heterocycles. The second kappa shape index (κ2) is 11.5. The Balaban J connectivity index is 0.000000541. The van der Waals surface area contributed by atoms with Crippen LogP contribution < -0.4 is 10.1 Å². The normalized spacial score (nSPS) is 25.5. The van der Waals surface area contributed by atoms with Gasteiger partial charge < -0.3 is 14.7 Å². The summed E-state index contributed by atoms with van der Waals surface area (Å²) >= 11 is 0. The molecule has 3 heterocycles. The number of carboxylic acid groups (broad SMARTS) is 1. The maximum atomic E-state index is 13.9. The van der Waals surface area contributed by atoms with Gasteiger partial charge in [0.1, 0.15) is 11.3 Å². The fourth-order valence-corrected chi connectivity index (χ4v) is 5.88. The Bertz CT molecular complexity index is 1400. The van der Waals surface area contributed by atoms with Gasteiger partial charge in [0, 0.05) is 26.2 Å². The molecule has 3 aliphatic heterocycles. The van der Waals surface area contributed by atoms with Crippen LogP contribution in [-0.2, 0) is 31.9 Å². The smallest absolute Gasteiger partial charge is 0.490 e. The number of halogens is 6. The molecule has 0 unspecified atom stereocenters. The number of benzene rings is 2. The highest BCUT2D eigenvalue weighted by atomic mass is 19.4. The fraction of sp³-hybridized carbons (Fsp3) is 0.429. The number of likely N-dealkylation sites (tertiary alicyclic amines) is 2. The number of nitrogens with zero attached hydrogens (tertiary/aromatic N) is 2. The molecular formula is C28H27F6N3O6. The lowest BCUT2D eigenvalue weighted by atomic mass is 9.74. The Hall–Kier alpha value is -4.14. The summed E-state index contributed by atoms with van der Waals surface area (Å²) in [5, 5.41) is 10.4. The van der Waals surface area contributed by atoms with Crippen LogP contribution in [0.5, 0.6) is 5.75 Å². The van der Waals surface area contributed by atoms with Gasteiger partial charge in [-0.2, -0.15) is 26.3 Å². The van der Waals surface area contributed by atoms with Gasteiger partial charge >= 0.3 is 18.3 Å². The first-order chi connectivity index (χ1) is 20.0. The fourth-order valence-electron chi connectivity index (χ4n) is 5.88. The van der Waals surface area contributed by atoms with Crippen LogP contribution in [0.25, 0.3) is 0 Å². The van der Waals surface area contributed by atoms with Crippen LogP contribution in [0, 0.1) is 11.8 Å². The van der Waals surface area contributed by atoms with Gasteiger partial charge in [-0.3, -0.25) is 24.6 Å². The molecule has 0 aromatic heterocycles. The number of carboxylic acids is 1. The molecule has 0 aliphatic carbocycles. The highest BCUT2D eigenvalue weighted by Gasteiger charge is 2.68. The number of piperidine rings is 1. The highest BCUT2D eigenvalue weighted by Crippen LogP contribution is 2.52. The molecule has 0 radical (unpaired) electrons. The third-order valence-corrected chi connectivity index (χ3v) is 7.91. The van der Waals surface area contributed by atoms with E-state index in [2.05, 4.69) is 5.32 Å². The van der Waals surface area contributed by atoms with Crippen LogP contribution in [0.3, 0.4) is 0 Å². The number of imide groups is 1. The minimum absolute atomic E-state index is 0.273.